The zero-order chi connectivity index (χ0) is 13.1. The second-order valence-corrected chi connectivity index (χ2v) is 4.80. The molecule has 0 spiro atoms. The van der Waals surface area contributed by atoms with E-state index >= 15 is 0 Å². The Bertz CT molecular complexity index is 187. The van der Waals surface area contributed by atoms with E-state index in [0.29, 0.717) is 6.54 Å². The first kappa shape index (κ1) is 16.4. The first-order valence-electron chi connectivity index (χ1n) is 7.17. The monoisotopic (exact) mass is 243 g/mol. The smallest absolute Gasteiger partial charge is 0.249 e. The van der Waals surface area contributed by atoms with Gasteiger partial charge in [0.25, 0.3) is 0 Å². The van der Waals surface area contributed by atoms with Crippen LogP contribution in [-0.4, -0.2) is 22.7 Å². The van der Waals surface area contributed by atoms with Crippen molar-refractivity contribution in [3.05, 3.63) is 0 Å². The van der Waals surface area contributed by atoms with E-state index in [9.17, 15) is 10.0 Å². The van der Waals surface area contributed by atoms with Crippen LogP contribution in [0, 0.1) is 5.92 Å². The number of rotatable bonds is 10. The number of unbranched alkanes of at least 4 members (excludes halogenated alkanes) is 3. The van der Waals surface area contributed by atoms with Crippen LogP contribution in [0.4, 0.5) is 0 Å². The topological polar surface area (TPSA) is 40.5 Å². The van der Waals surface area contributed by atoms with Gasteiger partial charge in [-0.15, -0.1) is 0 Å². The summed E-state index contributed by atoms with van der Waals surface area (Å²) in [6.45, 7) is 6.80. The van der Waals surface area contributed by atoms with E-state index in [4.69, 9.17) is 0 Å². The van der Waals surface area contributed by atoms with Gasteiger partial charge in [0.15, 0.2) is 0 Å². The largest absolute Gasteiger partial charge is 0.286 e. The number of hydrogen-bond acceptors (Lipinski definition) is 2. The SMILES string of the molecule is CCCCC(CCCC)C(=O)N(O)CCCC. The molecule has 0 saturated carbocycles. The van der Waals surface area contributed by atoms with Gasteiger partial charge in [0.2, 0.25) is 5.91 Å². The lowest BCUT2D eigenvalue weighted by molar-refractivity contribution is -0.171. The Morgan fingerprint density at radius 1 is 1.00 bits per heavy atom. The summed E-state index contributed by atoms with van der Waals surface area (Å²) >= 11 is 0. The van der Waals surface area contributed by atoms with E-state index in [1.54, 1.807) is 0 Å². The van der Waals surface area contributed by atoms with Crippen molar-refractivity contribution in [3.63, 3.8) is 0 Å². The summed E-state index contributed by atoms with van der Waals surface area (Å²) in [5.41, 5.74) is 0. The normalized spacial score (nSPS) is 10.9. The highest BCUT2D eigenvalue weighted by Crippen LogP contribution is 2.18. The fourth-order valence-electron chi connectivity index (χ4n) is 1.92. The van der Waals surface area contributed by atoms with Crippen LogP contribution in [0.5, 0.6) is 0 Å². The molecule has 0 atom stereocenters. The molecule has 3 nitrogen and oxygen atoms in total. The van der Waals surface area contributed by atoms with Gasteiger partial charge >= 0.3 is 0 Å². The van der Waals surface area contributed by atoms with Gasteiger partial charge < -0.3 is 0 Å². The van der Waals surface area contributed by atoms with Crippen molar-refractivity contribution in [1.29, 1.82) is 0 Å². The predicted octanol–water partition coefficient (Wildman–Crippen LogP) is 4.00. The summed E-state index contributed by atoms with van der Waals surface area (Å²) in [4.78, 5) is 12.0. The molecule has 3 heteroatoms. The Kier molecular flexibility index (Phi) is 10.2. The van der Waals surface area contributed by atoms with Gasteiger partial charge in [-0.05, 0) is 19.3 Å². The quantitative estimate of drug-likeness (QED) is 0.465. The number of hydroxylamine groups is 2. The zero-order valence-corrected chi connectivity index (χ0v) is 11.7. The third-order valence-electron chi connectivity index (χ3n) is 3.14. The van der Waals surface area contributed by atoms with Crippen LogP contribution in [0.15, 0.2) is 0 Å². The van der Waals surface area contributed by atoms with E-state index in [1.807, 2.05) is 0 Å². The third-order valence-corrected chi connectivity index (χ3v) is 3.14. The second kappa shape index (κ2) is 10.6. The molecule has 1 amide bonds. The molecule has 1 N–H and O–H groups in total. The average molecular weight is 243 g/mol. The molecule has 0 aromatic carbocycles. The maximum absolute atomic E-state index is 12.0. The van der Waals surface area contributed by atoms with Crippen LogP contribution in [0.2, 0.25) is 0 Å². The number of nitrogens with zero attached hydrogens (tertiary/aromatic N) is 1. The zero-order valence-electron chi connectivity index (χ0n) is 11.7. The summed E-state index contributed by atoms with van der Waals surface area (Å²) in [6.07, 6.45) is 8.06. The fraction of sp³-hybridized carbons (Fsp3) is 0.929. The van der Waals surface area contributed by atoms with Crippen molar-refractivity contribution in [1.82, 2.24) is 5.06 Å². The molecular weight excluding hydrogens is 214 g/mol. The van der Waals surface area contributed by atoms with Gasteiger partial charge in [0.1, 0.15) is 0 Å². The molecule has 0 rings (SSSR count). The highest BCUT2D eigenvalue weighted by molar-refractivity contribution is 5.77. The van der Waals surface area contributed by atoms with Crippen LogP contribution in [0.25, 0.3) is 0 Å². The van der Waals surface area contributed by atoms with Crippen LogP contribution >= 0.6 is 0 Å². The van der Waals surface area contributed by atoms with E-state index in [2.05, 4.69) is 20.8 Å². The Morgan fingerprint density at radius 2 is 1.47 bits per heavy atom. The standard InChI is InChI=1S/C14H29NO2/c1-4-7-10-13(11-8-5-2)14(16)15(17)12-9-6-3/h13,17H,4-12H2,1-3H3. The van der Waals surface area contributed by atoms with Gasteiger partial charge in [-0.3, -0.25) is 10.0 Å². The van der Waals surface area contributed by atoms with Crippen molar-refractivity contribution >= 4 is 5.91 Å². The number of carbonyl (C=O) groups excluding carboxylic acids is 1. The minimum atomic E-state index is -0.0691. The molecule has 0 aliphatic rings. The maximum Gasteiger partial charge on any atom is 0.249 e. The van der Waals surface area contributed by atoms with Gasteiger partial charge in [-0.25, -0.2) is 5.06 Å². The Morgan fingerprint density at radius 3 is 1.88 bits per heavy atom. The summed E-state index contributed by atoms with van der Waals surface area (Å²) in [6, 6.07) is 0. The molecule has 17 heavy (non-hydrogen) atoms. The van der Waals surface area contributed by atoms with E-state index in [0.717, 1.165) is 56.4 Å². The number of hydrogen-bond donors (Lipinski definition) is 1. The molecule has 102 valence electrons. The van der Waals surface area contributed by atoms with Crippen LogP contribution in [-0.2, 0) is 4.79 Å². The highest BCUT2D eigenvalue weighted by atomic mass is 16.5. The molecule has 0 aliphatic carbocycles. The second-order valence-electron chi connectivity index (χ2n) is 4.80. The Labute approximate surface area is 106 Å². The summed E-state index contributed by atoms with van der Waals surface area (Å²) < 4.78 is 0. The van der Waals surface area contributed by atoms with E-state index in [1.165, 1.54) is 0 Å². The molecular formula is C14H29NO2. The highest BCUT2D eigenvalue weighted by Gasteiger charge is 2.21. The van der Waals surface area contributed by atoms with Crippen LogP contribution in [0.1, 0.15) is 72.1 Å². The van der Waals surface area contributed by atoms with Gasteiger partial charge in [-0.2, -0.15) is 0 Å². The summed E-state index contributed by atoms with van der Waals surface area (Å²) in [5, 5.41) is 10.6. The number of carbonyl (C=O) groups is 1. The molecule has 0 bridgehead atoms. The van der Waals surface area contributed by atoms with Crippen molar-refractivity contribution in [2.24, 2.45) is 5.92 Å². The number of amides is 1. The van der Waals surface area contributed by atoms with Gasteiger partial charge in [0, 0.05) is 12.5 Å². The van der Waals surface area contributed by atoms with Crippen LogP contribution < -0.4 is 0 Å². The first-order valence-corrected chi connectivity index (χ1v) is 7.17. The summed E-state index contributed by atoms with van der Waals surface area (Å²) in [7, 11) is 0. The summed E-state index contributed by atoms with van der Waals surface area (Å²) in [5.74, 6) is -0.0443. The molecule has 0 saturated heterocycles. The van der Waals surface area contributed by atoms with E-state index < -0.39 is 0 Å². The lowest BCUT2D eigenvalue weighted by atomic mass is 9.95. The van der Waals surface area contributed by atoms with Crippen molar-refractivity contribution in [2.45, 2.75) is 72.1 Å². The molecule has 0 radical (unpaired) electrons. The predicted molar refractivity (Wildman–Crippen MR) is 70.9 cm³/mol. The molecule has 0 aromatic rings. The average Bonchev–Trinajstić information content (AvgIpc) is 2.35. The lowest BCUT2D eigenvalue weighted by Gasteiger charge is -2.21. The van der Waals surface area contributed by atoms with Crippen LogP contribution in [0.3, 0.4) is 0 Å². The minimum Gasteiger partial charge on any atom is -0.286 e. The first-order chi connectivity index (χ1) is 8.17. The Hall–Kier alpha value is -0.570. The van der Waals surface area contributed by atoms with Gasteiger partial charge in [0.05, 0.1) is 0 Å². The van der Waals surface area contributed by atoms with Crippen molar-refractivity contribution in [2.75, 3.05) is 6.54 Å². The Balaban J connectivity index is 4.18. The molecule has 0 fully saturated rings. The fourth-order valence-corrected chi connectivity index (χ4v) is 1.92. The molecule has 0 aromatic heterocycles. The molecule has 0 heterocycles. The van der Waals surface area contributed by atoms with Crippen molar-refractivity contribution in [3.8, 4) is 0 Å². The van der Waals surface area contributed by atoms with Crippen molar-refractivity contribution < 1.29 is 10.0 Å². The van der Waals surface area contributed by atoms with E-state index in [-0.39, 0.29) is 11.8 Å². The molecule has 0 unspecified atom stereocenters. The van der Waals surface area contributed by atoms with Gasteiger partial charge in [-0.1, -0.05) is 52.9 Å². The third kappa shape index (κ3) is 7.37. The lowest BCUT2D eigenvalue weighted by Crippen LogP contribution is -2.34. The maximum atomic E-state index is 12.0. The molecule has 0 aliphatic heterocycles. The minimum absolute atomic E-state index is 0.0248.